The van der Waals surface area contributed by atoms with Crippen LogP contribution in [0.4, 0.5) is 0 Å². The molecule has 2 aliphatic heterocycles. The summed E-state index contributed by atoms with van der Waals surface area (Å²) in [6, 6.07) is 1.42. The smallest absolute Gasteiger partial charge is 0.106 e. The Hall–Kier alpha value is -0.160. The first-order chi connectivity index (χ1) is 9.33. The Labute approximate surface area is 116 Å². The predicted octanol–water partition coefficient (Wildman–Crippen LogP) is 1.30. The van der Waals surface area contributed by atoms with Crippen molar-refractivity contribution in [2.45, 2.75) is 56.2 Å². The summed E-state index contributed by atoms with van der Waals surface area (Å²) in [5.41, 5.74) is -0.0732. The molecule has 1 aliphatic carbocycles. The van der Waals surface area contributed by atoms with Crippen molar-refractivity contribution >= 4 is 0 Å². The summed E-state index contributed by atoms with van der Waals surface area (Å²) in [4.78, 5) is 0. The van der Waals surface area contributed by atoms with Gasteiger partial charge in [-0.1, -0.05) is 6.42 Å². The topological polar surface area (TPSA) is 42.5 Å². The van der Waals surface area contributed by atoms with E-state index in [0.29, 0.717) is 6.04 Å². The normalized spacial score (nSPS) is 43.1. The Kier molecular flexibility index (Phi) is 4.42. The molecule has 0 bridgehead atoms. The van der Waals surface area contributed by atoms with Crippen molar-refractivity contribution in [3.05, 3.63) is 0 Å². The second kappa shape index (κ2) is 6.08. The zero-order valence-electron chi connectivity index (χ0n) is 12.1. The molecule has 3 aliphatic rings. The Morgan fingerprint density at radius 1 is 1.32 bits per heavy atom. The summed E-state index contributed by atoms with van der Waals surface area (Å²) >= 11 is 0. The molecular formula is C15H28N2O2. The molecule has 4 nitrogen and oxygen atoms in total. The van der Waals surface area contributed by atoms with Crippen LogP contribution < -0.4 is 10.6 Å². The molecular weight excluding hydrogens is 240 g/mol. The van der Waals surface area contributed by atoms with Gasteiger partial charge in [0.1, 0.15) is 5.60 Å². The predicted molar refractivity (Wildman–Crippen MR) is 75.3 cm³/mol. The third kappa shape index (κ3) is 2.97. The van der Waals surface area contributed by atoms with Crippen LogP contribution in [-0.2, 0) is 9.47 Å². The largest absolute Gasteiger partial charge is 0.378 e. The molecule has 0 aromatic rings. The lowest BCUT2D eigenvalue weighted by molar-refractivity contribution is -0.0184. The molecule has 0 radical (unpaired) electrons. The van der Waals surface area contributed by atoms with Gasteiger partial charge in [-0.05, 0) is 38.1 Å². The van der Waals surface area contributed by atoms with Gasteiger partial charge in [0.2, 0.25) is 0 Å². The van der Waals surface area contributed by atoms with E-state index in [1.54, 1.807) is 0 Å². The van der Waals surface area contributed by atoms with Gasteiger partial charge in [-0.3, -0.25) is 0 Å². The molecule has 2 saturated heterocycles. The minimum absolute atomic E-state index is 0.0732. The summed E-state index contributed by atoms with van der Waals surface area (Å²) in [5.74, 6) is 0.818. The van der Waals surface area contributed by atoms with E-state index in [2.05, 4.69) is 10.6 Å². The average molecular weight is 268 g/mol. The van der Waals surface area contributed by atoms with Crippen molar-refractivity contribution < 1.29 is 9.47 Å². The molecule has 0 spiro atoms. The Morgan fingerprint density at radius 3 is 2.95 bits per heavy atom. The SMILES string of the molecule is COC1(CNC2CCCC2C2CCCN2)CCOC1. The maximum absolute atomic E-state index is 5.72. The van der Waals surface area contributed by atoms with Crippen LogP contribution in [-0.4, -0.2) is 51.1 Å². The number of nitrogens with one attached hydrogen (secondary N) is 2. The summed E-state index contributed by atoms with van der Waals surface area (Å²) < 4.78 is 11.2. The van der Waals surface area contributed by atoms with Crippen LogP contribution in [0, 0.1) is 5.92 Å². The monoisotopic (exact) mass is 268 g/mol. The van der Waals surface area contributed by atoms with Crippen molar-refractivity contribution in [2.24, 2.45) is 5.92 Å². The molecule has 4 unspecified atom stereocenters. The first-order valence-electron chi connectivity index (χ1n) is 7.93. The summed E-state index contributed by atoms with van der Waals surface area (Å²) in [7, 11) is 1.82. The van der Waals surface area contributed by atoms with Gasteiger partial charge < -0.3 is 20.1 Å². The Bertz CT molecular complexity index is 286. The second-order valence-corrected chi connectivity index (χ2v) is 6.47. The molecule has 2 heterocycles. The molecule has 3 fully saturated rings. The van der Waals surface area contributed by atoms with E-state index >= 15 is 0 Å². The van der Waals surface area contributed by atoms with Gasteiger partial charge in [0, 0.05) is 38.8 Å². The number of ether oxygens (including phenoxy) is 2. The third-order valence-electron chi connectivity index (χ3n) is 5.37. The van der Waals surface area contributed by atoms with Crippen molar-refractivity contribution in [1.29, 1.82) is 0 Å². The summed E-state index contributed by atoms with van der Waals surface area (Å²) in [6.45, 7) is 3.74. The Balaban J connectivity index is 1.53. The number of hydrogen-bond acceptors (Lipinski definition) is 4. The molecule has 4 atom stereocenters. The van der Waals surface area contributed by atoms with E-state index in [4.69, 9.17) is 9.47 Å². The lowest BCUT2D eigenvalue weighted by atomic mass is 9.92. The quantitative estimate of drug-likeness (QED) is 0.789. The number of hydrogen-bond donors (Lipinski definition) is 2. The van der Waals surface area contributed by atoms with Crippen molar-refractivity contribution in [3.63, 3.8) is 0 Å². The number of methoxy groups -OCH3 is 1. The van der Waals surface area contributed by atoms with E-state index in [1.807, 2.05) is 7.11 Å². The average Bonchev–Trinajstić information content (AvgIpc) is 3.17. The van der Waals surface area contributed by atoms with Crippen LogP contribution in [0.15, 0.2) is 0 Å². The van der Waals surface area contributed by atoms with Crippen molar-refractivity contribution in [2.75, 3.05) is 33.4 Å². The molecule has 1 saturated carbocycles. The van der Waals surface area contributed by atoms with Gasteiger partial charge in [-0.2, -0.15) is 0 Å². The zero-order valence-corrected chi connectivity index (χ0v) is 12.1. The highest BCUT2D eigenvalue weighted by Crippen LogP contribution is 2.32. The number of rotatable bonds is 5. The maximum Gasteiger partial charge on any atom is 0.106 e. The van der Waals surface area contributed by atoms with E-state index < -0.39 is 0 Å². The van der Waals surface area contributed by atoms with Gasteiger partial charge in [-0.15, -0.1) is 0 Å². The van der Waals surface area contributed by atoms with Crippen LogP contribution >= 0.6 is 0 Å². The highest BCUT2D eigenvalue weighted by Gasteiger charge is 2.39. The van der Waals surface area contributed by atoms with Gasteiger partial charge in [-0.25, -0.2) is 0 Å². The minimum Gasteiger partial charge on any atom is -0.378 e. The summed E-state index contributed by atoms with van der Waals surface area (Å²) in [5, 5.41) is 7.48. The van der Waals surface area contributed by atoms with E-state index in [-0.39, 0.29) is 5.60 Å². The Morgan fingerprint density at radius 2 is 2.26 bits per heavy atom. The maximum atomic E-state index is 5.72. The lowest BCUT2D eigenvalue weighted by Crippen LogP contribution is -2.49. The standard InChI is InChI=1S/C15H28N2O2/c1-18-15(7-9-19-11-15)10-17-14-5-2-4-12(14)13-6-3-8-16-13/h12-14,16-17H,2-11H2,1H3. The van der Waals surface area contributed by atoms with E-state index in [9.17, 15) is 0 Å². The van der Waals surface area contributed by atoms with Gasteiger partial charge in [0.25, 0.3) is 0 Å². The van der Waals surface area contributed by atoms with Crippen LogP contribution in [0.2, 0.25) is 0 Å². The molecule has 110 valence electrons. The molecule has 0 aromatic heterocycles. The fraction of sp³-hybridized carbons (Fsp3) is 1.00. The molecule has 3 rings (SSSR count). The van der Waals surface area contributed by atoms with Crippen LogP contribution in [0.1, 0.15) is 38.5 Å². The van der Waals surface area contributed by atoms with Crippen LogP contribution in [0.3, 0.4) is 0 Å². The van der Waals surface area contributed by atoms with E-state index in [0.717, 1.165) is 38.1 Å². The van der Waals surface area contributed by atoms with Crippen LogP contribution in [0.25, 0.3) is 0 Å². The highest BCUT2D eigenvalue weighted by molar-refractivity contribution is 4.95. The second-order valence-electron chi connectivity index (χ2n) is 6.47. The van der Waals surface area contributed by atoms with Gasteiger partial charge >= 0.3 is 0 Å². The first kappa shape index (κ1) is 13.8. The fourth-order valence-electron chi connectivity index (χ4n) is 4.08. The van der Waals surface area contributed by atoms with E-state index in [1.165, 1.54) is 38.6 Å². The molecule has 0 aromatic carbocycles. The third-order valence-corrected chi connectivity index (χ3v) is 5.37. The molecule has 2 N–H and O–H groups in total. The minimum atomic E-state index is -0.0732. The first-order valence-corrected chi connectivity index (χ1v) is 7.93. The highest BCUT2D eigenvalue weighted by atomic mass is 16.5. The van der Waals surface area contributed by atoms with Gasteiger partial charge in [0.05, 0.1) is 6.61 Å². The molecule has 4 heteroatoms. The molecule has 19 heavy (non-hydrogen) atoms. The van der Waals surface area contributed by atoms with Crippen molar-refractivity contribution in [1.82, 2.24) is 10.6 Å². The zero-order chi connectivity index (χ0) is 13.1. The van der Waals surface area contributed by atoms with Crippen LogP contribution in [0.5, 0.6) is 0 Å². The lowest BCUT2D eigenvalue weighted by Gasteiger charge is -2.32. The van der Waals surface area contributed by atoms with Crippen molar-refractivity contribution in [3.8, 4) is 0 Å². The fourth-order valence-corrected chi connectivity index (χ4v) is 4.08. The summed E-state index contributed by atoms with van der Waals surface area (Å²) in [6.07, 6.45) is 7.81. The van der Waals surface area contributed by atoms with Gasteiger partial charge in [0.15, 0.2) is 0 Å². The molecule has 0 amide bonds.